The van der Waals surface area contributed by atoms with E-state index in [0.717, 1.165) is 11.3 Å². The molecule has 0 N–H and O–H groups in total. The van der Waals surface area contributed by atoms with Crippen LogP contribution in [0.25, 0.3) is 12.2 Å². The van der Waals surface area contributed by atoms with Gasteiger partial charge in [-0.05, 0) is 11.6 Å². The molecule has 2 rings (SSSR count). The number of benzene rings is 1. The average Bonchev–Trinajstić information content (AvgIpc) is 2.83. The number of thioether (sulfide) groups is 1. The van der Waals surface area contributed by atoms with Crippen LogP contribution in [0.3, 0.4) is 0 Å². The molecule has 0 aliphatic heterocycles. The molecule has 0 spiro atoms. The van der Waals surface area contributed by atoms with E-state index in [9.17, 15) is 0 Å². The minimum absolute atomic E-state index is 0.514. The van der Waals surface area contributed by atoms with Crippen LogP contribution >= 0.6 is 11.8 Å². The smallest absolute Gasteiger partial charge is 0.277 e. The fraction of sp³-hybridized carbons (Fsp3) is 0.0769. The molecule has 4 heteroatoms. The zero-order chi connectivity index (χ0) is 11.9. The van der Waals surface area contributed by atoms with Crippen molar-refractivity contribution in [2.24, 2.45) is 0 Å². The summed E-state index contributed by atoms with van der Waals surface area (Å²) in [7, 11) is 0. The van der Waals surface area contributed by atoms with Crippen molar-refractivity contribution in [1.82, 2.24) is 10.2 Å². The average molecular weight is 244 g/mol. The third-order valence-electron chi connectivity index (χ3n) is 1.96. The van der Waals surface area contributed by atoms with E-state index in [1.54, 1.807) is 12.2 Å². The Labute approximate surface area is 104 Å². The molecule has 0 amide bonds. The van der Waals surface area contributed by atoms with Crippen LogP contribution in [0.2, 0.25) is 0 Å². The molecule has 0 saturated heterocycles. The Kier molecular flexibility index (Phi) is 4.16. The minimum Gasteiger partial charge on any atom is -0.412 e. The van der Waals surface area contributed by atoms with E-state index < -0.39 is 0 Å². The zero-order valence-electron chi connectivity index (χ0n) is 9.24. The predicted molar refractivity (Wildman–Crippen MR) is 70.6 cm³/mol. The first-order valence-electron chi connectivity index (χ1n) is 5.19. The van der Waals surface area contributed by atoms with Crippen molar-refractivity contribution in [3.63, 3.8) is 0 Å². The zero-order valence-corrected chi connectivity index (χ0v) is 10.1. The minimum atomic E-state index is 0.514. The quantitative estimate of drug-likeness (QED) is 0.596. The second-order valence-electron chi connectivity index (χ2n) is 3.25. The summed E-state index contributed by atoms with van der Waals surface area (Å²) in [6.07, 6.45) is 5.55. The normalized spacial score (nSPS) is 10.8. The monoisotopic (exact) mass is 244 g/mol. The first kappa shape index (κ1) is 11.7. The maximum absolute atomic E-state index is 5.41. The molecule has 86 valence electrons. The van der Waals surface area contributed by atoms with E-state index in [4.69, 9.17) is 4.42 Å². The molecule has 0 fully saturated rings. The Bertz CT molecular complexity index is 505. The summed E-state index contributed by atoms with van der Waals surface area (Å²) in [6.45, 7) is 3.63. The Morgan fingerprint density at radius 2 is 2.00 bits per heavy atom. The number of hydrogen-bond acceptors (Lipinski definition) is 4. The molecule has 1 heterocycles. The van der Waals surface area contributed by atoms with Gasteiger partial charge in [0, 0.05) is 11.8 Å². The van der Waals surface area contributed by atoms with Gasteiger partial charge < -0.3 is 4.42 Å². The molecule has 2 aromatic rings. The van der Waals surface area contributed by atoms with Gasteiger partial charge in [-0.15, -0.1) is 16.8 Å². The number of rotatable bonds is 5. The van der Waals surface area contributed by atoms with Gasteiger partial charge in [-0.1, -0.05) is 48.2 Å². The van der Waals surface area contributed by atoms with E-state index in [1.807, 2.05) is 36.4 Å². The lowest BCUT2D eigenvalue weighted by molar-refractivity contribution is 0.446. The second kappa shape index (κ2) is 6.06. The molecule has 1 aromatic carbocycles. The summed E-state index contributed by atoms with van der Waals surface area (Å²) in [5.74, 6) is 1.28. The molecule has 3 nitrogen and oxygen atoms in total. The molecule has 0 atom stereocenters. The fourth-order valence-corrected chi connectivity index (χ4v) is 1.71. The molecule has 0 saturated carbocycles. The van der Waals surface area contributed by atoms with Crippen LogP contribution < -0.4 is 0 Å². The summed E-state index contributed by atoms with van der Waals surface area (Å²) >= 11 is 1.47. The van der Waals surface area contributed by atoms with Crippen molar-refractivity contribution in [3.05, 3.63) is 54.4 Å². The highest BCUT2D eigenvalue weighted by Crippen LogP contribution is 2.16. The van der Waals surface area contributed by atoms with Gasteiger partial charge in [0.1, 0.15) is 0 Å². The van der Waals surface area contributed by atoms with Crippen LogP contribution in [0, 0.1) is 0 Å². The van der Waals surface area contributed by atoms with Gasteiger partial charge in [0.25, 0.3) is 5.22 Å². The standard InChI is InChI=1S/C13H12N2OS/c1-2-10-17-13-15-14-12(16-13)9-8-11-6-4-3-5-7-11/h2-9H,1,10H2/b9-8+. The second-order valence-corrected chi connectivity index (χ2v) is 4.22. The van der Waals surface area contributed by atoms with Gasteiger partial charge >= 0.3 is 0 Å². The van der Waals surface area contributed by atoms with E-state index >= 15 is 0 Å². The highest BCUT2D eigenvalue weighted by atomic mass is 32.2. The van der Waals surface area contributed by atoms with Crippen LogP contribution in [-0.2, 0) is 0 Å². The van der Waals surface area contributed by atoms with Gasteiger partial charge in [0.05, 0.1) is 0 Å². The van der Waals surface area contributed by atoms with Crippen LogP contribution in [0.1, 0.15) is 11.5 Å². The number of hydrogen-bond donors (Lipinski definition) is 0. The lowest BCUT2D eigenvalue weighted by Crippen LogP contribution is -1.73. The van der Waals surface area contributed by atoms with Gasteiger partial charge in [-0.2, -0.15) is 0 Å². The van der Waals surface area contributed by atoms with Gasteiger partial charge in [0.2, 0.25) is 5.89 Å². The molecular formula is C13H12N2OS. The fourth-order valence-electron chi connectivity index (χ4n) is 1.21. The highest BCUT2D eigenvalue weighted by Gasteiger charge is 2.02. The van der Waals surface area contributed by atoms with Crippen molar-refractivity contribution < 1.29 is 4.42 Å². The van der Waals surface area contributed by atoms with E-state index in [-0.39, 0.29) is 0 Å². The SMILES string of the molecule is C=CCSc1nnc(/C=C/c2ccccc2)o1. The summed E-state index contributed by atoms with van der Waals surface area (Å²) in [4.78, 5) is 0. The maximum Gasteiger partial charge on any atom is 0.277 e. The molecule has 0 unspecified atom stereocenters. The topological polar surface area (TPSA) is 38.9 Å². The molecule has 0 aliphatic rings. The maximum atomic E-state index is 5.41. The van der Waals surface area contributed by atoms with Gasteiger partial charge in [-0.25, -0.2) is 0 Å². The van der Waals surface area contributed by atoms with Crippen molar-refractivity contribution in [3.8, 4) is 0 Å². The molecule has 17 heavy (non-hydrogen) atoms. The molecule has 0 aliphatic carbocycles. The lowest BCUT2D eigenvalue weighted by atomic mass is 10.2. The Morgan fingerprint density at radius 3 is 2.76 bits per heavy atom. The Morgan fingerprint density at radius 1 is 1.18 bits per heavy atom. The van der Waals surface area contributed by atoms with Crippen LogP contribution in [0.4, 0.5) is 0 Å². The van der Waals surface area contributed by atoms with Crippen molar-refractivity contribution >= 4 is 23.9 Å². The Hall–Kier alpha value is -1.81. The van der Waals surface area contributed by atoms with Crippen LogP contribution in [0.5, 0.6) is 0 Å². The first-order chi connectivity index (χ1) is 8.38. The van der Waals surface area contributed by atoms with Gasteiger partial charge in [0.15, 0.2) is 0 Å². The largest absolute Gasteiger partial charge is 0.412 e. The summed E-state index contributed by atoms with van der Waals surface area (Å²) in [5, 5.41) is 8.41. The predicted octanol–water partition coefficient (Wildman–Crippen LogP) is 3.52. The number of nitrogens with zero attached hydrogens (tertiary/aromatic N) is 2. The van der Waals surface area contributed by atoms with Crippen molar-refractivity contribution in [1.29, 1.82) is 0 Å². The van der Waals surface area contributed by atoms with E-state index in [1.165, 1.54) is 11.8 Å². The molecule has 1 aromatic heterocycles. The number of aromatic nitrogens is 2. The van der Waals surface area contributed by atoms with Crippen LogP contribution in [0.15, 0.2) is 52.6 Å². The summed E-state index contributed by atoms with van der Waals surface area (Å²) in [6, 6.07) is 9.98. The van der Waals surface area contributed by atoms with E-state index in [0.29, 0.717) is 11.1 Å². The summed E-state index contributed by atoms with van der Waals surface area (Å²) in [5.41, 5.74) is 1.10. The molecule has 0 bridgehead atoms. The van der Waals surface area contributed by atoms with Crippen molar-refractivity contribution in [2.75, 3.05) is 5.75 Å². The van der Waals surface area contributed by atoms with Crippen LogP contribution in [-0.4, -0.2) is 16.0 Å². The first-order valence-corrected chi connectivity index (χ1v) is 6.17. The van der Waals surface area contributed by atoms with E-state index in [2.05, 4.69) is 16.8 Å². The highest BCUT2D eigenvalue weighted by molar-refractivity contribution is 7.99. The third kappa shape index (κ3) is 3.60. The lowest BCUT2D eigenvalue weighted by Gasteiger charge is -1.89. The third-order valence-corrected chi connectivity index (χ3v) is 2.78. The Balaban J connectivity index is 2.01. The van der Waals surface area contributed by atoms with Crippen molar-refractivity contribution in [2.45, 2.75) is 5.22 Å². The molecule has 0 radical (unpaired) electrons. The van der Waals surface area contributed by atoms with Gasteiger partial charge in [-0.3, -0.25) is 0 Å². The molecular weight excluding hydrogens is 232 g/mol. The summed E-state index contributed by atoms with van der Waals surface area (Å²) < 4.78 is 5.41.